The standard InChI is InChI=1S/C47H29N5/c1-2-10-29(11-3-1)50-44-23-19-31(27-39(44)35-24-25-48-28-45(35)50)52-43-17-9-6-14-34(43)37-21-20-36-33-13-5-8-16-42(33)51(46(36)47(37)52)30-18-22-41-38(26-30)32-12-4-7-15-40(32)49-41/h1-28,49H. The Hall–Kier alpha value is -7.11. The molecule has 1 N–H and O–H groups in total. The number of H-pyrrole nitrogens is 1. The molecular weight excluding hydrogens is 635 g/mol. The molecule has 0 fully saturated rings. The second kappa shape index (κ2) is 10.2. The summed E-state index contributed by atoms with van der Waals surface area (Å²) in [6.45, 7) is 0. The van der Waals surface area contributed by atoms with E-state index in [9.17, 15) is 0 Å². The Morgan fingerprint density at radius 1 is 0.346 bits per heavy atom. The van der Waals surface area contributed by atoms with Gasteiger partial charge in [-0.2, -0.15) is 0 Å². The molecule has 5 heterocycles. The van der Waals surface area contributed by atoms with Crippen molar-refractivity contribution in [2.75, 3.05) is 0 Å². The molecule has 0 amide bonds. The molecule has 0 bridgehead atoms. The molecule has 0 aliphatic carbocycles. The van der Waals surface area contributed by atoms with Crippen LogP contribution in [-0.4, -0.2) is 23.7 Å². The molecule has 7 aromatic carbocycles. The first-order valence-corrected chi connectivity index (χ1v) is 17.7. The summed E-state index contributed by atoms with van der Waals surface area (Å²) in [7, 11) is 0. The van der Waals surface area contributed by atoms with Gasteiger partial charge < -0.3 is 18.7 Å². The van der Waals surface area contributed by atoms with Gasteiger partial charge in [0.15, 0.2) is 0 Å². The molecule has 0 spiro atoms. The van der Waals surface area contributed by atoms with E-state index in [-0.39, 0.29) is 0 Å². The Balaban J connectivity index is 1.23. The molecule has 52 heavy (non-hydrogen) atoms. The third kappa shape index (κ3) is 3.64. The Morgan fingerprint density at radius 2 is 0.904 bits per heavy atom. The molecule has 242 valence electrons. The smallest absolute Gasteiger partial charge is 0.0788 e. The number of hydrogen-bond donors (Lipinski definition) is 1. The molecule has 0 atom stereocenters. The lowest BCUT2D eigenvalue weighted by molar-refractivity contribution is 1.15. The molecular formula is C47H29N5. The van der Waals surface area contributed by atoms with Gasteiger partial charge in [-0.3, -0.25) is 4.98 Å². The number of nitrogens with one attached hydrogen (secondary N) is 1. The van der Waals surface area contributed by atoms with Crippen LogP contribution in [0.3, 0.4) is 0 Å². The lowest BCUT2D eigenvalue weighted by atomic mass is 10.1. The molecule has 0 saturated carbocycles. The van der Waals surface area contributed by atoms with Crippen LogP contribution in [0.5, 0.6) is 0 Å². The van der Waals surface area contributed by atoms with Crippen molar-refractivity contribution in [3.8, 4) is 17.1 Å². The zero-order valence-corrected chi connectivity index (χ0v) is 28.0. The van der Waals surface area contributed by atoms with Crippen molar-refractivity contribution in [1.82, 2.24) is 23.7 Å². The minimum Gasteiger partial charge on any atom is -0.355 e. The number of fused-ring (bicyclic) bond motifs is 13. The van der Waals surface area contributed by atoms with Gasteiger partial charge in [-0.1, -0.05) is 84.9 Å². The molecule has 0 aliphatic heterocycles. The Labute approximate surface area is 297 Å². The van der Waals surface area contributed by atoms with Crippen LogP contribution in [-0.2, 0) is 0 Å². The molecule has 0 aliphatic rings. The number of pyridine rings is 1. The first-order valence-electron chi connectivity index (χ1n) is 17.7. The van der Waals surface area contributed by atoms with Crippen LogP contribution in [0.1, 0.15) is 0 Å². The molecule has 12 rings (SSSR count). The number of para-hydroxylation sites is 4. The quantitative estimate of drug-likeness (QED) is 0.201. The summed E-state index contributed by atoms with van der Waals surface area (Å²) >= 11 is 0. The summed E-state index contributed by atoms with van der Waals surface area (Å²) < 4.78 is 7.29. The highest BCUT2D eigenvalue weighted by Crippen LogP contribution is 2.43. The molecule has 0 unspecified atom stereocenters. The first kappa shape index (κ1) is 27.7. The van der Waals surface area contributed by atoms with Crippen LogP contribution < -0.4 is 0 Å². The summed E-state index contributed by atoms with van der Waals surface area (Å²) in [4.78, 5) is 8.17. The fraction of sp³-hybridized carbons (Fsp3) is 0. The van der Waals surface area contributed by atoms with Crippen LogP contribution in [0, 0.1) is 0 Å². The van der Waals surface area contributed by atoms with Gasteiger partial charge in [-0.05, 0) is 72.8 Å². The maximum atomic E-state index is 4.54. The van der Waals surface area contributed by atoms with E-state index in [1.165, 1.54) is 65.2 Å². The van der Waals surface area contributed by atoms with Crippen LogP contribution in [0.4, 0.5) is 0 Å². The third-order valence-corrected chi connectivity index (χ3v) is 11.0. The number of benzene rings is 7. The van der Waals surface area contributed by atoms with Gasteiger partial charge in [0.05, 0.1) is 39.3 Å². The molecule has 12 aromatic rings. The lowest BCUT2D eigenvalue weighted by Crippen LogP contribution is -1.99. The fourth-order valence-electron chi connectivity index (χ4n) is 8.86. The zero-order valence-electron chi connectivity index (χ0n) is 28.0. The number of rotatable bonds is 3. The Bertz CT molecular complexity index is 3410. The zero-order chi connectivity index (χ0) is 33.9. The van der Waals surface area contributed by atoms with E-state index in [1.54, 1.807) is 0 Å². The van der Waals surface area contributed by atoms with Crippen molar-refractivity contribution < 1.29 is 0 Å². The monoisotopic (exact) mass is 663 g/mol. The molecule has 5 heteroatoms. The average molecular weight is 664 g/mol. The second-order valence-electron chi connectivity index (χ2n) is 13.7. The predicted octanol–water partition coefficient (Wildman–Crippen LogP) is 12.0. The predicted molar refractivity (Wildman–Crippen MR) is 217 cm³/mol. The number of aromatic nitrogens is 5. The minimum absolute atomic E-state index is 1.10. The second-order valence-corrected chi connectivity index (χ2v) is 13.7. The van der Waals surface area contributed by atoms with E-state index >= 15 is 0 Å². The largest absolute Gasteiger partial charge is 0.355 e. The highest BCUT2D eigenvalue weighted by Gasteiger charge is 2.22. The highest BCUT2D eigenvalue weighted by molar-refractivity contribution is 6.24. The highest BCUT2D eigenvalue weighted by atomic mass is 15.0. The van der Waals surface area contributed by atoms with Gasteiger partial charge in [0.1, 0.15) is 0 Å². The van der Waals surface area contributed by atoms with Crippen LogP contribution in [0.2, 0.25) is 0 Å². The summed E-state index contributed by atoms with van der Waals surface area (Å²) in [5.41, 5.74) is 12.7. The average Bonchev–Trinajstić information content (AvgIpc) is 3.94. The Morgan fingerprint density at radius 3 is 1.63 bits per heavy atom. The number of hydrogen-bond acceptors (Lipinski definition) is 1. The van der Waals surface area contributed by atoms with Crippen molar-refractivity contribution in [2.45, 2.75) is 0 Å². The summed E-state index contributed by atoms with van der Waals surface area (Å²) in [6.07, 6.45) is 3.88. The fourth-order valence-corrected chi connectivity index (χ4v) is 8.86. The van der Waals surface area contributed by atoms with Gasteiger partial charge in [-0.25, -0.2) is 0 Å². The molecule has 0 radical (unpaired) electrons. The van der Waals surface area contributed by atoms with E-state index in [2.05, 4.69) is 181 Å². The third-order valence-electron chi connectivity index (χ3n) is 11.0. The van der Waals surface area contributed by atoms with E-state index in [4.69, 9.17) is 0 Å². The summed E-state index contributed by atoms with van der Waals surface area (Å²) in [6, 6.07) is 57.3. The maximum Gasteiger partial charge on any atom is 0.0788 e. The van der Waals surface area contributed by atoms with Crippen molar-refractivity contribution in [2.24, 2.45) is 0 Å². The van der Waals surface area contributed by atoms with Crippen molar-refractivity contribution >= 4 is 87.2 Å². The SMILES string of the molecule is c1ccc(-n2c3ccc(-n4c5ccccc5c5ccc6c7ccccc7n(-c7ccc8[nH]c9ccccc9c8c7)c6c54)cc3c3ccncc32)cc1. The van der Waals surface area contributed by atoms with E-state index in [1.807, 2.05) is 12.4 Å². The number of nitrogens with zero attached hydrogens (tertiary/aromatic N) is 4. The van der Waals surface area contributed by atoms with Gasteiger partial charge >= 0.3 is 0 Å². The van der Waals surface area contributed by atoms with Crippen LogP contribution in [0.15, 0.2) is 170 Å². The van der Waals surface area contributed by atoms with Crippen LogP contribution in [0.25, 0.3) is 104 Å². The Kier molecular flexibility index (Phi) is 5.44. The first-order chi connectivity index (χ1) is 25.8. The van der Waals surface area contributed by atoms with Gasteiger partial charge in [0.2, 0.25) is 0 Å². The topological polar surface area (TPSA) is 43.5 Å². The van der Waals surface area contributed by atoms with Gasteiger partial charge in [0.25, 0.3) is 0 Å². The molecule has 5 nitrogen and oxygen atoms in total. The summed E-state index contributed by atoms with van der Waals surface area (Å²) in [5.74, 6) is 0. The van der Waals surface area contributed by atoms with Crippen molar-refractivity contribution in [3.05, 3.63) is 170 Å². The minimum atomic E-state index is 1.10. The maximum absolute atomic E-state index is 4.54. The van der Waals surface area contributed by atoms with Gasteiger partial charge in [-0.15, -0.1) is 0 Å². The van der Waals surface area contributed by atoms with Gasteiger partial charge in [0, 0.05) is 77.4 Å². The normalized spacial score (nSPS) is 12.2. The van der Waals surface area contributed by atoms with Crippen molar-refractivity contribution in [1.29, 1.82) is 0 Å². The van der Waals surface area contributed by atoms with Crippen molar-refractivity contribution in [3.63, 3.8) is 0 Å². The van der Waals surface area contributed by atoms with E-state index in [0.29, 0.717) is 0 Å². The van der Waals surface area contributed by atoms with E-state index in [0.717, 1.165) is 39.1 Å². The lowest BCUT2D eigenvalue weighted by Gasteiger charge is -2.13. The summed E-state index contributed by atoms with van der Waals surface area (Å²) in [5, 5.41) is 9.78. The molecule has 5 aromatic heterocycles. The molecule has 0 saturated heterocycles. The van der Waals surface area contributed by atoms with E-state index < -0.39 is 0 Å². The van der Waals surface area contributed by atoms with Crippen LogP contribution >= 0.6 is 0 Å². The number of aromatic amines is 1.